The molecule has 5 heteroatoms. The van der Waals surface area contributed by atoms with Crippen LogP contribution in [0.4, 0.5) is 4.79 Å². The van der Waals surface area contributed by atoms with Gasteiger partial charge >= 0.3 is 6.09 Å². The minimum atomic E-state index is -0.410. The Morgan fingerprint density at radius 2 is 2.00 bits per heavy atom. The monoisotopic (exact) mass is 366 g/mol. The molecular weight excluding hydrogens is 348 g/mol. The molecule has 0 fully saturated rings. The topological polar surface area (TPSA) is 51.2 Å². The molecule has 0 radical (unpaired) electrons. The number of pyridine rings is 1. The molecule has 1 N–H and O–H groups in total. The van der Waals surface area contributed by atoms with Crippen LogP contribution in [0.25, 0.3) is 17.0 Å². The third-order valence-electron chi connectivity index (χ3n) is 3.82. The van der Waals surface area contributed by atoms with Crippen molar-refractivity contribution >= 4 is 34.7 Å². The van der Waals surface area contributed by atoms with E-state index in [0.717, 1.165) is 22.0 Å². The minimum Gasteiger partial charge on any atom is -0.445 e. The van der Waals surface area contributed by atoms with Crippen LogP contribution in [0, 0.1) is 0 Å². The Labute approximate surface area is 157 Å². The zero-order valence-corrected chi connectivity index (χ0v) is 14.9. The number of halogens is 1. The normalized spacial score (nSPS) is 11.0. The average Bonchev–Trinajstić information content (AvgIpc) is 2.67. The van der Waals surface area contributed by atoms with Crippen molar-refractivity contribution in [3.8, 4) is 0 Å². The van der Waals surface area contributed by atoms with Crippen molar-refractivity contribution in [2.75, 3.05) is 6.54 Å². The zero-order valence-electron chi connectivity index (χ0n) is 14.2. The lowest BCUT2D eigenvalue weighted by Gasteiger charge is -2.06. The molecule has 0 spiro atoms. The molecule has 0 bridgehead atoms. The smallest absolute Gasteiger partial charge is 0.407 e. The number of ether oxygens (including phenoxy) is 1. The number of nitrogens with zero attached hydrogens (tertiary/aromatic N) is 1. The summed E-state index contributed by atoms with van der Waals surface area (Å²) >= 11 is 6.14. The molecule has 4 nitrogen and oxygen atoms in total. The van der Waals surface area contributed by atoms with Crippen LogP contribution in [-0.4, -0.2) is 17.6 Å². The van der Waals surface area contributed by atoms with Gasteiger partial charge in [-0.25, -0.2) is 4.79 Å². The average molecular weight is 367 g/mol. The second kappa shape index (κ2) is 9.02. The molecule has 3 aromatic rings. The maximum Gasteiger partial charge on any atom is 0.407 e. The number of fused-ring (bicyclic) bond motifs is 1. The number of rotatable bonds is 6. The number of hydrogen-bond donors (Lipinski definition) is 1. The van der Waals surface area contributed by atoms with Gasteiger partial charge in [0.2, 0.25) is 0 Å². The molecule has 2 aromatic carbocycles. The quantitative estimate of drug-likeness (QED) is 0.608. The van der Waals surface area contributed by atoms with Crippen LogP contribution < -0.4 is 5.32 Å². The Morgan fingerprint density at radius 3 is 2.85 bits per heavy atom. The number of benzene rings is 2. The standard InChI is InChI=1S/C21H19ClN2O2/c22-19-11-13-23-20-14-16(9-10-18(19)20)6-4-5-12-24-21(25)26-15-17-7-2-1-3-8-17/h1-4,6-11,13-14H,5,12,15H2,(H,24,25). The van der Waals surface area contributed by atoms with E-state index in [9.17, 15) is 4.79 Å². The first-order chi connectivity index (χ1) is 12.7. The summed E-state index contributed by atoms with van der Waals surface area (Å²) in [7, 11) is 0. The van der Waals surface area contributed by atoms with E-state index in [-0.39, 0.29) is 6.61 Å². The highest BCUT2D eigenvalue weighted by atomic mass is 35.5. The van der Waals surface area contributed by atoms with E-state index >= 15 is 0 Å². The molecule has 0 saturated heterocycles. The lowest BCUT2D eigenvalue weighted by Crippen LogP contribution is -2.24. The third-order valence-corrected chi connectivity index (χ3v) is 4.15. The van der Waals surface area contributed by atoms with Crippen LogP contribution in [0.15, 0.2) is 66.9 Å². The second-order valence-electron chi connectivity index (χ2n) is 5.75. The molecule has 3 rings (SSSR count). The van der Waals surface area contributed by atoms with Gasteiger partial charge in [-0.05, 0) is 29.7 Å². The highest BCUT2D eigenvalue weighted by molar-refractivity contribution is 6.35. The van der Waals surface area contributed by atoms with Gasteiger partial charge in [-0.1, -0.05) is 66.2 Å². The number of amides is 1. The molecule has 26 heavy (non-hydrogen) atoms. The van der Waals surface area contributed by atoms with Crippen molar-refractivity contribution < 1.29 is 9.53 Å². The Morgan fingerprint density at radius 1 is 1.15 bits per heavy atom. The Bertz CT molecular complexity index is 910. The van der Waals surface area contributed by atoms with Gasteiger partial charge in [-0.15, -0.1) is 0 Å². The van der Waals surface area contributed by atoms with Crippen LogP contribution in [0.3, 0.4) is 0 Å². The summed E-state index contributed by atoms with van der Waals surface area (Å²) in [6.07, 6.45) is 6.00. The maximum absolute atomic E-state index is 11.6. The molecule has 0 aliphatic rings. The van der Waals surface area contributed by atoms with E-state index in [2.05, 4.69) is 10.3 Å². The molecule has 132 valence electrons. The summed E-state index contributed by atoms with van der Waals surface area (Å²) in [6.45, 7) is 0.789. The molecule has 1 heterocycles. The summed E-state index contributed by atoms with van der Waals surface area (Å²) < 4.78 is 5.16. The molecule has 0 aliphatic carbocycles. The van der Waals surface area contributed by atoms with Crippen molar-refractivity contribution in [1.29, 1.82) is 0 Å². The second-order valence-corrected chi connectivity index (χ2v) is 6.16. The van der Waals surface area contributed by atoms with E-state index in [4.69, 9.17) is 16.3 Å². The van der Waals surface area contributed by atoms with E-state index < -0.39 is 6.09 Å². The largest absolute Gasteiger partial charge is 0.445 e. The van der Waals surface area contributed by atoms with Crippen molar-refractivity contribution in [2.24, 2.45) is 0 Å². The number of aromatic nitrogens is 1. The van der Waals surface area contributed by atoms with E-state index in [1.807, 2.05) is 60.7 Å². The first kappa shape index (κ1) is 18.0. The molecule has 0 unspecified atom stereocenters. The Hall–Kier alpha value is -2.85. The van der Waals surface area contributed by atoms with Gasteiger partial charge in [0.1, 0.15) is 6.61 Å². The van der Waals surface area contributed by atoms with Gasteiger partial charge in [-0.2, -0.15) is 0 Å². The highest BCUT2D eigenvalue weighted by Gasteiger charge is 2.01. The molecule has 0 saturated carbocycles. The van der Waals surface area contributed by atoms with Gasteiger partial charge in [-0.3, -0.25) is 4.98 Å². The summed E-state index contributed by atoms with van der Waals surface area (Å²) in [5, 5.41) is 4.37. The van der Waals surface area contributed by atoms with Gasteiger partial charge in [0.05, 0.1) is 10.5 Å². The predicted molar refractivity (Wildman–Crippen MR) is 105 cm³/mol. The fourth-order valence-electron chi connectivity index (χ4n) is 2.49. The first-order valence-electron chi connectivity index (χ1n) is 8.38. The van der Waals surface area contributed by atoms with Crippen LogP contribution in [0.1, 0.15) is 17.5 Å². The Kier molecular flexibility index (Phi) is 6.23. The van der Waals surface area contributed by atoms with Crippen molar-refractivity contribution in [3.63, 3.8) is 0 Å². The van der Waals surface area contributed by atoms with Gasteiger partial charge in [0, 0.05) is 18.1 Å². The van der Waals surface area contributed by atoms with Crippen molar-refractivity contribution in [2.45, 2.75) is 13.0 Å². The number of carbonyl (C=O) groups excluding carboxylic acids is 1. The number of carbonyl (C=O) groups is 1. The number of nitrogens with one attached hydrogen (secondary N) is 1. The van der Waals surface area contributed by atoms with Crippen LogP contribution in [0.2, 0.25) is 5.02 Å². The molecule has 0 aliphatic heterocycles. The van der Waals surface area contributed by atoms with Crippen molar-refractivity contribution in [1.82, 2.24) is 10.3 Å². The fraction of sp³-hybridized carbons (Fsp3) is 0.143. The summed E-state index contributed by atoms with van der Waals surface area (Å²) in [5.74, 6) is 0. The molecular formula is C21H19ClN2O2. The number of alkyl carbamates (subject to hydrolysis) is 1. The van der Waals surface area contributed by atoms with E-state index in [1.165, 1.54) is 0 Å². The van der Waals surface area contributed by atoms with E-state index in [1.54, 1.807) is 12.3 Å². The Balaban J connectivity index is 1.42. The first-order valence-corrected chi connectivity index (χ1v) is 8.75. The predicted octanol–water partition coefficient (Wildman–Crippen LogP) is 5.22. The van der Waals surface area contributed by atoms with Crippen LogP contribution in [-0.2, 0) is 11.3 Å². The summed E-state index contributed by atoms with van der Waals surface area (Å²) in [5.41, 5.74) is 2.87. The van der Waals surface area contributed by atoms with Crippen molar-refractivity contribution in [3.05, 3.63) is 83.0 Å². The lowest BCUT2D eigenvalue weighted by molar-refractivity contribution is 0.140. The molecule has 1 aromatic heterocycles. The zero-order chi connectivity index (χ0) is 18.2. The molecule has 1 amide bonds. The minimum absolute atomic E-state index is 0.273. The molecule has 0 atom stereocenters. The van der Waals surface area contributed by atoms with Crippen LogP contribution in [0.5, 0.6) is 0 Å². The van der Waals surface area contributed by atoms with Crippen LogP contribution >= 0.6 is 11.6 Å². The van der Waals surface area contributed by atoms with Gasteiger partial charge in [0.15, 0.2) is 0 Å². The van der Waals surface area contributed by atoms with Gasteiger partial charge < -0.3 is 10.1 Å². The fourth-order valence-corrected chi connectivity index (χ4v) is 2.70. The maximum atomic E-state index is 11.6. The summed E-state index contributed by atoms with van der Waals surface area (Å²) in [4.78, 5) is 16.0. The SMILES string of the molecule is O=C(NCCC=Cc1ccc2c(Cl)ccnc2c1)OCc1ccccc1. The highest BCUT2D eigenvalue weighted by Crippen LogP contribution is 2.22. The third kappa shape index (κ3) is 5.07. The van der Waals surface area contributed by atoms with E-state index in [0.29, 0.717) is 18.0 Å². The number of hydrogen-bond acceptors (Lipinski definition) is 3. The van der Waals surface area contributed by atoms with Gasteiger partial charge in [0.25, 0.3) is 0 Å². The summed E-state index contributed by atoms with van der Waals surface area (Å²) in [6, 6.07) is 17.3. The lowest BCUT2D eigenvalue weighted by atomic mass is 10.1.